The number of fused-ring (bicyclic) bond motifs is 2. The van der Waals surface area contributed by atoms with Crippen molar-refractivity contribution in [3.8, 4) is 0 Å². The average molecular weight is 562 g/mol. The van der Waals surface area contributed by atoms with E-state index in [0.717, 1.165) is 0 Å². The Labute approximate surface area is 203 Å². The number of hydrogen-bond acceptors (Lipinski definition) is 4. The quantitative estimate of drug-likeness (QED) is 0.291. The minimum absolute atomic E-state index is 0. The molecule has 1 saturated carbocycles. The van der Waals surface area contributed by atoms with Gasteiger partial charge in [-0.05, 0) is 48.0 Å². The Kier molecular flexibility index (Phi) is 10.6. The standard InChI is InChI=1S/C21H27FN2O4.2H3P.Rh.H/c1-20(2,3)27-18(25)23-13-11-15(14-9-7-8-10-16(14)22)17(12-13)24(23)19(26)28-21(4,5)6;;;;/h7-8,10-11,13,15,17H,12H2,1-6H3;2*1H3;;/q-2;;;+2;. The molecule has 1 heterocycles. The Morgan fingerprint density at radius 2 is 1.58 bits per heavy atom. The molecule has 2 bridgehead atoms. The van der Waals surface area contributed by atoms with E-state index in [0.29, 0.717) is 12.0 Å². The van der Waals surface area contributed by atoms with E-state index < -0.39 is 29.4 Å². The van der Waals surface area contributed by atoms with Gasteiger partial charge in [0.15, 0.2) is 0 Å². The second-order valence-corrected chi connectivity index (χ2v) is 9.17. The molecule has 1 aliphatic heterocycles. The first kappa shape index (κ1) is 30.2. The van der Waals surface area contributed by atoms with Crippen LogP contribution in [0.3, 0.4) is 0 Å². The molecule has 31 heavy (non-hydrogen) atoms. The first-order chi connectivity index (χ1) is 12.9. The Bertz CT molecular complexity index is 785. The number of carbonyl (C=O) groups excluding carboxylic acids is 2. The van der Waals surface area contributed by atoms with E-state index in [1.165, 1.54) is 16.1 Å². The van der Waals surface area contributed by atoms with Gasteiger partial charge >= 0.3 is 31.7 Å². The summed E-state index contributed by atoms with van der Waals surface area (Å²) in [5, 5.41) is 2.58. The SMILES string of the molecule is CC(C)(C)OC(=O)N1C2[CH-]C(c3[c-]cccc3F)C(C2)N1C(=O)OC(C)(C)C.P.P.[RhH+2]. The third kappa shape index (κ3) is 6.83. The summed E-state index contributed by atoms with van der Waals surface area (Å²) in [4.78, 5) is 25.7. The number of carbonyl (C=O) groups is 2. The van der Waals surface area contributed by atoms with E-state index in [1.807, 2.05) is 6.42 Å². The zero-order valence-electron chi connectivity index (χ0n) is 18.9. The van der Waals surface area contributed by atoms with Crippen molar-refractivity contribution in [1.82, 2.24) is 10.0 Å². The topological polar surface area (TPSA) is 59.1 Å². The van der Waals surface area contributed by atoms with E-state index in [2.05, 4.69) is 6.07 Å². The zero-order valence-corrected chi connectivity index (χ0v) is 23.5. The number of rotatable bonds is 1. The van der Waals surface area contributed by atoms with Crippen LogP contribution in [0.1, 0.15) is 59.4 Å². The minimum atomic E-state index is -0.734. The van der Waals surface area contributed by atoms with Crippen LogP contribution >= 0.6 is 19.8 Å². The van der Waals surface area contributed by atoms with Gasteiger partial charge in [-0.25, -0.2) is 19.6 Å². The number of benzene rings is 1. The zero-order chi connectivity index (χ0) is 20.9. The van der Waals surface area contributed by atoms with Gasteiger partial charge in [-0.1, -0.05) is 6.04 Å². The Morgan fingerprint density at radius 3 is 2.06 bits per heavy atom. The predicted octanol–water partition coefficient (Wildman–Crippen LogP) is 4.30. The van der Waals surface area contributed by atoms with Gasteiger partial charge in [0, 0.05) is 11.9 Å². The van der Waals surface area contributed by atoms with E-state index in [1.54, 1.807) is 53.7 Å². The van der Waals surface area contributed by atoms with Gasteiger partial charge in [0.25, 0.3) is 0 Å². The van der Waals surface area contributed by atoms with Gasteiger partial charge in [0.2, 0.25) is 0 Å². The first-order valence-electron chi connectivity index (χ1n) is 9.43. The van der Waals surface area contributed by atoms with Crippen LogP contribution in [0.2, 0.25) is 0 Å². The van der Waals surface area contributed by atoms with Crippen LogP contribution in [0.4, 0.5) is 14.0 Å². The van der Waals surface area contributed by atoms with Crippen molar-refractivity contribution >= 4 is 32.0 Å². The van der Waals surface area contributed by atoms with Crippen molar-refractivity contribution in [2.24, 2.45) is 0 Å². The van der Waals surface area contributed by atoms with Crippen molar-refractivity contribution < 1.29 is 42.9 Å². The molecule has 1 saturated heterocycles. The molecule has 10 heteroatoms. The third-order valence-electron chi connectivity index (χ3n) is 4.52. The van der Waals surface area contributed by atoms with E-state index in [9.17, 15) is 14.0 Å². The van der Waals surface area contributed by atoms with Gasteiger partial charge in [0.1, 0.15) is 11.2 Å². The number of hydrogen-bond donors (Lipinski definition) is 0. The molecule has 178 valence electrons. The summed E-state index contributed by atoms with van der Waals surface area (Å²) < 4.78 is 25.4. The summed E-state index contributed by atoms with van der Waals surface area (Å²) in [5.41, 5.74) is -1.06. The number of nitrogens with zero attached hydrogens (tertiary/aromatic N) is 2. The maximum absolute atomic E-state index is 14.4. The Hall–Kier alpha value is -0.827. The van der Waals surface area contributed by atoms with Gasteiger partial charge in [-0.3, -0.25) is 10.8 Å². The Balaban J connectivity index is 0.00000300. The molecule has 2 aliphatic rings. The van der Waals surface area contributed by atoms with Crippen molar-refractivity contribution in [2.45, 2.75) is 77.2 Å². The van der Waals surface area contributed by atoms with Crippen LogP contribution in [-0.2, 0) is 29.0 Å². The van der Waals surface area contributed by atoms with E-state index in [4.69, 9.17) is 9.47 Å². The summed E-state index contributed by atoms with van der Waals surface area (Å²) in [6, 6.07) is 6.69. The molecule has 0 N–H and O–H groups in total. The van der Waals surface area contributed by atoms with Gasteiger partial charge in [-0.2, -0.15) is 43.6 Å². The molecule has 2 fully saturated rings. The molecule has 1 aromatic carbocycles. The van der Waals surface area contributed by atoms with Gasteiger partial charge < -0.3 is 9.47 Å². The molecule has 3 rings (SSSR count). The van der Waals surface area contributed by atoms with Crippen LogP contribution < -0.4 is 0 Å². The summed E-state index contributed by atoms with van der Waals surface area (Å²) in [7, 11) is 0. The average Bonchev–Trinajstić information content (AvgIpc) is 3.10. The van der Waals surface area contributed by atoms with Crippen molar-refractivity contribution in [3.63, 3.8) is 0 Å². The van der Waals surface area contributed by atoms with Crippen LogP contribution in [0.25, 0.3) is 0 Å². The number of ether oxygens (including phenoxy) is 2. The third-order valence-corrected chi connectivity index (χ3v) is 4.52. The van der Waals surface area contributed by atoms with Crippen LogP contribution in [0.5, 0.6) is 0 Å². The molecule has 1 aromatic rings. The second kappa shape index (κ2) is 10.9. The maximum atomic E-state index is 14.4. The molecular weight excluding hydrogens is 528 g/mol. The molecule has 5 atom stereocenters. The fraction of sp³-hybridized carbons (Fsp3) is 0.571. The van der Waals surface area contributed by atoms with Crippen molar-refractivity contribution in [2.75, 3.05) is 0 Å². The molecule has 5 unspecified atom stereocenters. The van der Waals surface area contributed by atoms with Crippen LogP contribution in [0.15, 0.2) is 18.2 Å². The number of halogens is 1. The summed E-state index contributed by atoms with van der Waals surface area (Å²) in [5.74, 6) is -0.762. The predicted molar refractivity (Wildman–Crippen MR) is 124 cm³/mol. The molecule has 1 aliphatic carbocycles. The Morgan fingerprint density at radius 1 is 1.06 bits per heavy atom. The number of hydrazine groups is 1. The molecule has 6 nitrogen and oxygen atoms in total. The fourth-order valence-corrected chi connectivity index (χ4v) is 3.63. The normalized spacial score (nSPS) is 22.1. The van der Waals surface area contributed by atoms with Crippen LogP contribution in [-0.4, -0.2) is 45.5 Å². The molecule has 1 radical (unpaired) electrons. The first-order valence-corrected chi connectivity index (χ1v) is 9.43. The van der Waals surface area contributed by atoms with Crippen molar-refractivity contribution in [1.29, 1.82) is 0 Å². The number of amides is 2. The van der Waals surface area contributed by atoms with Gasteiger partial charge in [0.05, 0.1) is 0 Å². The summed E-state index contributed by atoms with van der Waals surface area (Å²) in [6.45, 7) is 10.6. The monoisotopic (exact) mass is 562 g/mol. The second-order valence-electron chi connectivity index (χ2n) is 9.17. The summed E-state index contributed by atoms with van der Waals surface area (Å²) >= 11 is 0. The van der Waals surface area contributed by atoms with Gasteiger partial charge in [-0.15, -0.1) is 12.0 Å². The molecule has 0 aromatic heterocycles. The molecular formula is C21H34FN2O4P2Rh. The molecule has 0 spiro atoms. The van der Waals surface area contributed by atoms with E-state index >= 15 is 0 Å². The van der Waals surface area contributed by atoms with Crippen LogP contribution in [0, 0.1) is 18.3 Å². The van der Waals surface area contributed by atoms with E-state index in [-0.39, 0.29) is 57.1 Å². The molecule has 2 amide bonds. The summed E-state index contributed by atoms with van der Waals surface area (Å²) in [6.07, 6.45) is 1.09. The van der Waals surface area contributed by atoms with Crippen molar-refractivity contribution in [3.05, 3.63) is 42.1 Å². The fourth-order valence-electron chi connectivity index (χ4n) is 3.63.